The number of carbonyl (C=O) groups is 2. The fourth-order valence-electron chi connectivity index (χ4n) is 2.19. The summed E-state index contributed by atoms with van der Waals surface area (Å²) in [5.41, 5.74) is 6.86. The predicted octanol–water partition coefficient (Wildman–Crippen LogP) is 2.79. The fourth-order valence-corrected chi connectivity index (χ4v) is 3.10. The highest BCUT2D eigenvalue weighted by Gasteiger charge is 2.20. The first-order valence-electron chi connectivity index (χ1n) is 8.47. The van der Waals surface area contributed by atoms with Crippen LogP contribution in [-0.4, -0.2) is 28.6 Å². The molecule has 1 heterocycles. The zero-order valence-electron chi connectivity index (χ0n) is 15.2. The largest absolute Gasteiger partial charge is 0.383 e. The quantitative estimate of drug-likeness (QED) is 0.632. The molecule has 2 aromatic rings. The van der Waals surface area contributed by atoms with Crippen molar-refractivity contribution in [3.8, 4) is 6.07 Å². The van der Waals surface area contributed by atoms with Crippen LogP contribution in [0.1, 0.15) is 36.2 Å². The Morgan fingerprint density at radius 2 is 2.04 bits per heavy atom. The number of para-hydroxylation sites is 1. The number of thioether (sulfide) groups is 1. The third-order valence-electron chi connectivity index (χ3n) is 3.62. The molecule has 0 aliphatic carbocycles. The van der Waals surface area contributed by atoms with Crippen molar-refractivity contribution in [2.75, 3.05) is 17.6 Å². The molecule has 1 atom stereocenters. The van der Waals surface area contributed by atoms with E-state index >= 15 is 0 Å². The fraction of sp³-hybridized carbons (Fsp3) is 0.263. The summed E-state index contributed by atoms with van der Waals surface area (Å²) >= 11 is 1.13. The van der Waals surface area contributed by atoms with E-state index in [0.717, 1.165) is 18.2 Å². The highest BCUT2D eigenvalue weighted by atomic mass is 32.2. The van der Waals surface area contributed by atoms with Gasteiger partial charge in [-0.1, -0.05) is 36.9 Å². The van der Waals surface area contributed by atoms with Crippen molar-refractivity contribution < 1.29 is 9.59 Å². The van der Waals surface area contributed by atoms with Gasteiger partial charge in [0.1, 0.15) is 16.9 Å². The van der Waals surface area contributed by atoms with Crippen LogP contribution in [0.4, 0.5) is 11.5 Å². The third-order valence-corrected chi connectivity index (χ3v) is 4.72. The number of pyridine rings is 1. The lowest BCUT2D eigenvalue weighted by molar-refractivity contribution is -0.120. The normalized spacial score (nSPS) is 11.3. The third kappa shape index (κ3) is 5.46. The number of benzene rings is 1. The smallest absolute Gasteiger partial charge is 0.259 e. The van der Waals surface area contributed by atoms with Crippen molar-refractivity contribution in [2.24, 2.45) is 0 Å². The molecule has 2 rings (SSSR count). The van der Waals surface area contributed by atoms with Gasteiger partial charge in [-0.3, -0.25) is 9.59 Å². The number of hydrogen-bond acceptors (Lipinski definition) is 6. The van der Waals surface area contributed by atoms with Gasteiger partial charge >= 0.3 is 0 Å². The van der Waals surface area contributed by atoms with Crippen molar-refractivity contribution in [3.63, 3.8) is 0 Å². The monoisotopic (exact) mass is 383 g/mol. The first kappa shape index (κ1) is 20.3. The lowest BCUT2D eigenvalue weighted by atomic mass is 10.2. The Hall–Kier alpha value is -3.05. The van der Waals surface area contributed by atoms with E-state index in [0.29, 0.717) is 17.3 Å². The molecule has 7 nitrogen and oxygen atoms in total. The summed E-state index contributed by atoms with van der Waals surface area (Å²) in [6.07, 6.45) is 0.836. The van der Waals surface area contributed by atoms with Crippen LogP contribution in [0.25, 0.3) is 0 Å². The summed E-state index contributed by atoms with van der Waals surface area (Å²) in [4.78, 5) is 28.7. The summed E-state index contributed by atoms with van der Waals surface area (Å²) in [6, 6.07) is 12.3. The minimum Gasteiger partial charge on any atom is -0.383 e. The number of anilines is 2. The van der Waals surface area contributed by atoms with Gasteiger partial charge in [0.25, 0.3) is 5.91 Å². The van der Waals surface area contributed by atoms with Crippen molar-refractivity contribution >= 4 is 35.1 Å². The molecule has 0 fully saturated rings. The molecule has 8 heteroatoms. The lowest BCUT2D eigenvalue weighted by Crippen LogP contribution is -2.31. The van der Waals surface area contributed by atoms with Crippen LogP contribution in [-0.2, 0) is 4.79 Å². The van der Waals surface area contributed by atoms with Gasteiger partial charge in [-0.25, -0.2) is 4.98 Å². The van der Waals surface area contributed by atoms with E-state index in [1.807, 2.05) is 19.1 Å². The summed E-state index contributed by atoms with van der Waals surface area (Å²) in [6.45, 7) is 4.28. The second-order valence-corrected chi connectivity index (χ2v) is 7.09. The number of nitrogens with two attached hydrogens (primary N) is 1. The molecular formula is C19H21N5O2S. The van der Waals surface area contributed by atoms with Crippen molar-refractivity contribution in [1.29, 1.82) is 5.26 Å². The predicted molar refractivity (Wildman–Crippen MR) is 106 cm³/mol. The average Bonchev–Trinajstić information content (AvgIpc) is 2.66. The minimum atomic E-state index is -0.451. The molecule has 0 bridgehead atoms. The number of nitriles is 1. The zero-order chi connectivity index (χ0) is 19.8. The summed E-state index contributed by atoms with van der Waals surface area (Å²) in [5, 5.41) is 14.8. The number of nitrogens with zero attached hydrogens (tertiary/aromatic N) is 2. The lowest BCUT2D eigenvalue weighted by Gasteiger charge is -2.13. The highest BCUT2D eigenvalue weighted by Crippen LogP contribution is 2.28. The molecule has 27 heavy (non-hydrogen) atoms. The summed E-state index contributed by atoms with van der Waals surface area (Å²) in [7, 11) is 0. The van der Waals surface area contributed by atoms with E-state index in [2.05, 4.69) is 15.6 Å². The van der Waals surface area contributed by atoms with Crippen LogP contribution in [0.2, 0.25) is 0 Å². The maximum Gasteiger partial charge on any atom is 0.259 e. The molecule has 4 N–H and O–H groups in total. The molecule has 0 saturated carbocycles. The summed E-state index contributed by atoms with van der Waals surface area (Å²) in [5.74, 6) is -0.587. The number of nitrogen functional groups attached to an aromatic ring is 1. The number of amides is 2. The first-order valence-corrected chi connectivity index (χ1v) is 9.35. The molecule has 0 aliphatic heterocycles. The van der Waals surface area contributed by atoms with Crippen LogP contribution in [0.15, 0.2) is 41.4 Å². The van der Waals surface area contributed by atoms with Crippen LogP contribution < -0.4 is 16.4 Å². The number of hydrogen-bond donors (Lipinski definition) is 3. The Labute approximate surface area is 162 Å². The van der Waals surface area contributed by atoms with Gasteiger partial charge in [0.15, 0.2) is 0 Å². The van der Waals surface area contributed by atoms with E-state index in [4.69, 9.17) is 5.73 Å². The Kier molecular flexibility index (Phi) is 7.20. The van der Waals surface area contributed by atoms with Gasteiger partial charge in [0.2, 0.25) is 5.91 Å². The van der Waals surface area contributed by atoms with E-state index in [1.165, 1.54) is 6.07 Å². The maximum atomic E-state index is 12.5. The van der Waals surface area contributed by atoms with E-state index < -0.39 is 11.2 Å². The zero-order valence-corrected chi connectivity index (χ0v) is 16.0. The van der Waals surface area contributed by atoms with Gasteiger partial charge in [-0.2, -0.15) is 5.26 Å². The Bertz CT molecular complexity index is 864. The van der Waals surface area contributed by atoms with Crippen LogP contribution in [0.3, 0.4) is 0 Å². The van der Waals surface area contributed by atoms with Crippen molar-refractivity contribution in [2.45, 2.75) is 30.5 Å². The molecule has 0 aliphatic rings. The topological polar surface area (TPSA) is 121 Å². The Balaban J connectivity index is 2.20. The Morgan fingerprint density at radius 1 is 1.33 bits per heavy atom. The molecule has 1 aromatic heterocycles. The number of rotatable bonds is 7. The molecule has 0 radical (unpaired) electrons. The maximum absolute atomic E-state index is 12.5. The van der Waals surface area contributed by atoms with E-state index in [-0.39, 0.29) is 22.9 Å². The highest BCUT2D eigenvalue weighted by molar-refractivity contribution is 8.00. The molecule has 1 unspecified atom stereocenters. The van der Waals surface area contributed by atoms with Gasteiger partial charge in [-0.15, -0.1) is 0 Å². The molecule has 1 aromatic carbocycles. The van der Waals surface area contributed by atoms with Gasteiger partial charge in [0.05, 0.1) is 16.4 Å². The molecule has 140 valence electrons. The number of aromatic nitrogens is 1. The minimum absolute atomic E-state index is 0.00565. The average molecular weight is 383 g/mol. The van der Waals surface area contributed by atoms with Crippen LogP contribution in [0, 0.1) is 11.3 Å². The van der Waals surface area contributed by atoms with Crippen molar-refractivity contribution in [3.05, 3.63) is 47.5 Å². The summed E-state index contributed by atoms with van der Waals surface area (Å²) < 4.78 is 0. The van der Waals surface area contributed by atoms with Crippen LogP contribution in [0.5, 0.6) is 0 Å². The molecular weight excluding hydrogens is 362 g/mol. The molecule has 2 amide bonds. The second kappa shape index (κ2) is 9.59. The van der Waals surface area contributed by atoms with Gasteiger partial charge in [0, 0.05) is 12.2 Å². The van der Waals surface area contributed by atoms with Crippen molar-refractivity contribution in [1.82, 2.24) is 10.3 Å². The van der Waals surface area contributed by atoms with Gasteiger partial charge < -0.3 is 16.4 Å². The van der Waals surface area contributed by atoms with E-state index in [9.17, 15) is 14.9 Å². The molecule has 0 spiro atoms. The van der Waals surface area contributed by atoms with Gasteiger partial charge in [-0.05, 0) is 31.5 Å². The first-order chi connectivity index (χ1) is 13.0. The van der Waals surface area contributed by atoms with E-state index in [1.54, 1.807) is 31.2 Å². The molecule has 0 saturated heterocycles. The standard InChI is InChI=1S/C19H21N5O2S/c1-3-9-22-17(25)12(2)27-19-13(11-20)10-15(16(21)24-19)18(26)23-14-7-5-4-6-8-14/h4-8,10,12H,3,9H2,1-2H3,(H2,21,24)(H,22,25)(H,23,26). The SMILES string of the molecule is CCCNC(=O)C(C)Sc1nc(N)c(C(=O)Nc2ccccc2)cc1C#N. The van der Waals surface area contributed by atoms with Crippen LogP contribution >= 0.6 is 11.8 Å². The Morgan fingerprint density at radius 3 is 2.67 bits per heavy atom. The number of carbonyl (C=O) groups excluding carboxylic acids is 2. The second-order valence-electron chi connectivity index (χ2n) is 5.76. The number of nitrogens with one attached hydrogen (secondary N) is 2.